The van der Waals surface area contributed by atoms with Crippen LogP contribution in [0.3, 0.4) is 0 Å². The van der Waals surface area contributed by atoms with Gasteiger partial charge in [0, 0.05) is 12.2 Å². The standard InChI is InChI=1S/C28H33NO3/c1-2-3-4-5-6-10-21-31-26-19-13-23(14-20-26)22-29-25-17-15-24(16-18-25)28(30)32-27-11-8-7-9-12-27/h7-9,11-20,29H,2-6,10,21-22H2,1H3. The van der Waals surface area contributed by atoms with E-state index in [2.05, 4.69) is 24.4 Å². The minimum Gasteiger partial charge on any atom is -0.494 e. The van der Waals surface area contributed by atoms with Crippen molar-refractivity contribution in [1.29, 1.82) is 0 Å². The molecule has 3 aromatic carbocycles. The smallest absolute Gasteiger partial charge is 0.343 e. The first-order chi connectivity index (χ1) is 15.7. The van der Waals surface area contributed by atoms with Crippen molar-refractivity contribution in [2.24, 2.45) is 0 Å². The quantitative estimate of drug-likeness (QED) is 0.176. The number of carbonyl (C=O) groups excluding carboxylic acids is 1. The molecule has 0 atom stereocenters. The molecule has 0 bridgehead atoms. The van der Waals surface area contributed by atoms with Gasteiger partial charge in [-0.15, -0.1) is 0 Å². The Hall–Kier alpha value is -3.27. The number of nitrogens with one attached hydrogen (secondary N) is 1. The molecule has 4 nitrogen and oxygen atoms in total. The van der Waals surface area contributed by atoms with Crippen LogP contribution in [0.2, 0.25) is 0 Å². The fraction of sp³-hybridized carbons (Fsp3) is 0.321. The summed E-state index contributed by atoms with van der Waals surface area (Å²) in [7, 11) is 0. The summed E-state index contributed by atoms with van der Waals surface area (Å²) in [4.78, 5) is 12.2. The number of anilines is 1. The van der Waals surface area contributed by atoms with Gasteiger partial charge in [-0.1, -0.05) is 69.4 Å². The molecule has 0 aromatic heterocycles. The van der Waals surface area contributed by atoms with E-state index in [4.69, 9.17) is 9.47 Å². The van der Waals surface area contributed by atoms with E-state index in [9.17, 15) is 4.79 Å². The van der Waals surface area contributed by atoms with Crippen LogP contribution in [0.4, 0.5) is 5.69 Å². The van der Waals surface area contributed by atoms with Crippen LogP contribution >= 0.6 is 0 Å². The van der Waals surface area contributed by atoms with Crippen molar-refractivity contribution in [2.75, 3.05) is 11.9 Å². The second-order valence-electron chi connectivity index (χ2n) is 7.89. The van der Waals surface area contributed by atoms with Crippen LogP contribution in [0.5, 0.6) is 11.5 Å². The summed E-state index contributed by atoms with van der Waals surface area (Å²) in [6, 6.07) is 24.6. The van der Waals surface area contributed by atoms with Crippen LogP contribution in [0.15, 0.2) is 78.9 Å². The van der Waals surface area contributed by atoms with Crippen LogP contribution < -0.4 is 14.8 Å². The van der Waals surface area contributed by atoms with Crippen molar-refractivity contribution in [3.05, 3.63) is 90.0 Å². The van der Waals surface area contributed by atoms with Gasteiger partial charge in [0.15, 0.2) is 0 Å². The first-order valence-electron chi connectivity index (χ1n) is 11.6. The Morgan fingerprint density at radius 3 is 2.16 bits per heavy atom. The predicted molar refractivity (Wildman–Crippen MR) is 130 cm³/mol. The average molecular weight is 432 g/mol. The number of unbranched alkanes of at least 4 members (excludes halogenated alkanes) is 5. The Bertz CT molecular complexity index is 921. The van der Waals surface area contributed by atoms with Crippen molar-refractivity contribution in [3.63, 3.8) is 0 Å². The first kappa shape index (κ1) is 23.4. The highest BCUT2D eigenvalue weighted by molar-refractivity contribution is 5.91. The van der Waals surface area contributed by atoms with Gasteiger partial charge >= 0.3 is 5.97 Å². The van der Waals surface area contributed by atoms with Crippen LogP contribution in [-0.2, 0) is 6.54 Å². The number of ether oxygens (including phenoxy) is 2. The maximum atomic E-state index is 12.2. The number of carbonyl (C=O) groups is 1. The summed E-state index contributed by atoms with van der Waals surface area (Å²) >= 11 is 0. The van der Waals surface area contributed by atoms with Crippen molar-refractivity contribution >= 4 is 11.7 Å². The minimum absolute atomic E-state index is 0.362. The molecule has 0 saturated carbocycles. The maximum absolute atomic E-state index is 12.2. The highest BCUT2D eigenvalue weighted by atomic mass is 16.5. The number of rotatable bonds is 13. The van der Waals surface area contributed by atoms with Crippen molar-refractivity contribution in [1.82, 2.24) is 0 Å². The fourth-order valence-electron chi connectivity index (χ4n) is 3.36. The molecule has 3 rings (SSSR count). The van der Waals surface area contributed by atoms with E-state index in [-0.39, 0.29) is 5.97 Å². The Morgan fingerprint density at radius 1 is 0.750 bits per heavy atom. The number of esters is 1. The summed E-state index contributed by atoms with van der Waals surface area (Å²) in [5.41, 5.74) is 2.64. The second kappa shape index (κ2) is 13.2. The molecule has 3 aromatic rings. The molecule has 0 aliphatic carbocycles. The van der Waals surface area contributed by atoms with E-state index in [1.54, 1.807) is 24.3 Å². The van der Waals surface area contributed by atoms with Crippen LogP contribution in [-0.4, -0.2) is 12.6 Å². The van der Waals surface area contributed by atoms with Gasteiger partial charge in [-0.3, -0.25) is 0 Å². The Kier molecular flexibility index (Phi) is 9.66. The van der Waals surface area contributed by atoms with E-state index >= 15 is 0 Å². The molecule has 4 heteroatoms. The van der Waals surface area contributed by atoms with Gasteiger partial charge < -0.3 is 14.8 Å². The number of hydrogen-bond donors (Lipinski definition) is 1. The van der Waals surface area contributed by atoms with Gasteiger partial charge in [0.1, 0.15) is 11.5 Å². The summed E-state index contributed by atoms with van der Waals surface area (Å²) in [5, 5.41) is 3.38. The second-order valence-corrected chi connectivity index (χ2v) is 7.89. The SMILES string of the molecule is CCCCCCCCOc1ccc(CNc2ccc(C(=O)Oc3ccccc3)cc2)cc1. The highest BCUT2D eigenvalue weighted by Gasteiger charge is 2.08. The molecular weight excluding hydrogens is 398 g/mol. The van der Waals surface area contributed by atoms with E-state index in [1.807, 2.05) is 42.5 Å². The van der Waals surface area contributed by atoms with Gasteiger partial charge in [0.25, 0.3) is 0 Å². The number of hydrogen-bond acceptors (Lipinski definition) is 4. The summed E-state index contributed by atoms with van der Waals surface area (Å²) in [6.45, 7) is 3.72. The average Bonchev–Trinajstić information content (AvgIpc) is 2.84. The Labute approximate surface area is 191 Å². The largest absolute Gasteiger partial charge is 0.494 e. The Morgan fingerprint density at radius 2 is 1.44 bits per heavy atom. The molecule has 168 valence electrons. The fourth-order valence-corrected chi connectivity index (χ4v) is 3.36. The third-order valence-electron chi connectivity index (χ3n) is 5.26. The van der Waals surface area contributed by atoms with Gasteiger partial charge in [-0.25, -0.2) is 4.79 Å². The predicted octanol–water partition coefficient (Wildman–Crippen LogP) is 7.26. The normalized spacial score (nSPS) is 10.5. The monoisotopic (exact) mass is 431 g/mol. The van der Waals surface area contributed by atoms with E-state index in [0.717, 1.165) is 24.5 Å². The van der Waals surface area contributed by atoms with Gasteiger partial charge in [0.2, 0.25) is 0 Å². The van der Waals surface area contributed by atoms with Gasteiger partial charge in [-0.05, 0) is 60.5 Å². The van der Waals surface area contributed by atoms with Gasteiger partial charge in [-0.2, -0.15) is 0 Å². The molecule has 0 spiro atoms. The highest BCUT2D eigenvalue weighted by Crippen LogP contribution is 2.17. The molecule has 0 heterocycles. The minimum atomic E-state index is -0.362. The first-order valence-corrected chi connectivity index (χ1v) is 11.6. The van der Waals surface area contributed by atoms with Gasteiger partial charge in [0.05, 0.1) is 12.2 Å². The molecule has 0 aliphatic rings. The zero-order valence-electron chi connectivity index (χ0n) is 18.9. The molecule has 32 heavy (non-hydrogen) atoms. The van der Waals surface area contributed by atoms with Crippen molar-refractivity contribution in [3.8, 4) is 11.5 Å². The maximum Gasteiger partial charge on any atom is 0.343 e. The number of para-hydroxylation sites is 1. The number of benzene rings is 3. The van der Waals surface area contributed by atoms with E-state index in [1.165, 1.54) is 37.7 Å². The zero-order chi connectivity index (χ0) is 22.4. The molecule has 0 fully saturated rings. The lowest BCUT2D eigenvalue weighted by Crippen LogP contribution is -2.08. The molecule has 0 amide bonds. The van der Waals surface area contributed by atoms with Crippen LogP contribution in [0.25, 0.3) is 0 Å². The van der Waals surface area contributed by atoms with E-state index < -0.39 is 0 Å². The lowest BCUT2D eigenvalue weighted by atomic mass is 10.1. The lowest BCUT2D eigenvalue weighted by Gasteiger charge is -2.10. The topological polar surface area (TPSA) is 47.6 Å². The van der Waals surface area contributed by atoms with Crippen LogP contribution in [0, 0.1) is 0 Å². The molecule has 1 N–H and O–H groups in total. The molecule has 0 unspecified atom stereocenters. The molecular formula is C28H33NO3. The summed E-state index contributed by atoms with van der Waals surface area (Å²) in [5.74, 6) is 1.10. The molecule has 0 saturated heterocycles. The summed E-state index contributed by atoms with van der Waals surface area (Å²) in [6.07, 6.45) is 7.61. The summed E-state index contributed by atoms with van der Waals surface area (Å²) < 4.78 is 11.2. The van der Waals surface area contributed by atoms with E-state index in [0.29, 0.717) is 17.9 Å². The zero-order valence-corrected chi connectivity index (χ0v) is 18.9. The third-order valence-corrected chi connectivity index (χ3v) is 5.26. The third kappa shape index (κ3) is 8.10. The van der Waals surface area contributed by atoms with Crippen molar-refractivity contribution in [2.45, 2.75) is 52.0 Å². The van der Waals surface area contributed by atoms with Crippen LogP contribution in [0.1, 0.15) is 61.4 Å². The molecule has 0 aliphatic heterocycles. The van der Waals surface area contributed by atoms with Crippen molar-refractivity contribution < 1.29 is 14.3 Å². The Balaban J connectivity index is 1.38. The lowest BCUT2D eigenvalue weighted by molar-refractivity contribution is 0.0735. The molecule has 0 radical (unpaired) electrons.